The summed E-state index contributed by atoms with van der Waals surface area (Å²) in [6.45, 7) is 1.16. The van der Waals surface area contributed by atoms with Crippen molar-refractivity contribution < 1.29 is 5.11 Å². The lowest BCUT2D eigenvalue weighted by atomic mass is 9.62. The molecule has 13 heavy (non-hydrogen) atoms. The van der Waals surface area contributed by atoms with Gasteiger partial charge in [0.1, 0.15) is 5.75 Å². The summed E-state index contributed by atoms with van der Waals surface area (Å²) in [5.41, 5.74) is 1.31. The van der Waals surface area contributed by atoms with E-state index in [9.17, 15) is 5.11 Å². The first kappa shape index (κ1) is 7.39. The topological polar surface area (TPSA) is 32.3 Å². The maximum Gasteiger partial charge on any atom is 0.115 e. The van der Waals surface area contributed by atoms with Crippen LogP contribution in [0.5, 0.6) is 5.75 Å². The van der Waals surface area contributed by atoms with Crippen LogP contribution < -0.4 is 5.32 Å². The van der Waals surface area contributed by atoms with E-state index < -0.39 is 0 Å². The van der Waals surface area contributed by atoms with Gasteiger partial charge in [0.25, 0.3) is 0 Å². The molecule has 1 saturated heterocycles. The van der Waals surface area contributed by atoms with Crippen molar-refractivity contribution in [1.82, 2.24) is 5.32 Å². The minimum atomic E-state index is 0.397. The molecule has 2 N–H and O–H groups in total. The average Bonchev–Trinajstić information content (AvgIpc) is 2.10. The van der Waals surface area contributed by atoms with Gasteiger partial charge in [0, 0.05) is 12.6 Å². The van der Waals surface area contributed by atoms with Gasteiger partial charge in [0.2, 0.25) is 0 Å². The minimum absolute atomic E-state index is 0.397. The lowest BCUT2D eigenvalue weighted by molar-refractivity contribution is 0.0750. The Morgan fingerprint density at radius 2 is 2.31 bits per heavy atom. The van der Waals surface area contributed by atoms with Crippen molar-refractivity contribution in [2.75, 3.05) is 6.54 Å². The molecule has 0 bridgehead atoms. The predicted molar refractivity (Wildman–Crippen MR) is 50.7 cm³/mol. The molecule has 68 valence electrons. The first-order valence-corrected chi connectivity index (χ1v) is 4.87. The fourth-order valence-corrected chi connectivity index (χ4v) is 2.49. The molecule has 2 heteroatoms. The van der Waals surface area contributed by atoms with Gasteiger partial charge in [-0.2, -0.15) is 0 Å². The molecule has 0 spiro atoms. The highest BCUT2D eigenvalue weighted by Gasteiger charge is 2.47. The standard InChI is InChI=1S/C11H13NO/c13-8-3-1-2-7(4-8)9-5-11-10(9)6-12-11/h1-4,9-13H,5-6H2. The summed E-state index contributed by atoms with van der Waals surface area (Å²) in [5, 5.41) is 12.7. The van der Waals surface area contributed by atoms with Crippen LogP contribution >= 0.6 is 0 Å². The molecule has 2 fully saturated rings. The first-order chi connectivity index (χ1) is 6.34. The van der Waals surface area contributed by atoms with E-state index in [1.54, 1.807) is 6.07 Å². The largest absolute Gasteiger partial charge is 0.508 e. The minimum Gasteiger partial charge on any atom is -0.508 e. The molecule has 1 aromatic carbocycles. The zero-order valence-electron chi connectivity index (χ0n) is 7.40. The molecule has 3 atom stereocenters. The number of phenolic OH excluding ortho intramolecular Hbond substituents is 1. The normalized spacial score (nSPS) is 35.8. The summed E-state index contributed by atoms with van der Waals surface area (Å²) in [6, 6.07) is 8.47. The van der Waals surface area contributed by atoms with Gasteiger partial charge in [0.05, 0.1) is 0 Å². The molecule has 3 unspecified atom stereocenters. The molecule has 0 amide bonds. The maximum atomic E-state index is 9.34. The number of nitrogens with one attached hydrogen (secondary N) is 1. The Kier molecular flexibility index (Phi) is 1.41. The van der Waals surface area contributed by atoms with Crippen molar-refractivity contribution in [2.45, 2.75) is 18.4 Å². The quantitative estimate of drug-likeness (QED) is 0.677. The Morgan fingerprint density at radius 1 is 1.38 bits per heavy atom. The summed E-state index contributed by atoms with van der Waals surface area (Å²) in [6.07, 6.45) is 1.24. The van der Waals surface area contributed by atoms with E-state index in [0.29, 0.717) is 11.7 Å². The summed E-state index contributed by atoms with van der Waals surface area (Å²) in [4.78, 5) is 0. The van der Waals surface area contributed by atoms with Crippen molar-refractivity contribution >= 4 is 0 Å². The molecule has 1 aromatic rings. The molecular weight excluding hydrogens is 162 g/mol. The van der Waals surface area contributed by atoms with E-state index in [0.717, 1.165) is 18.5 Å². The van der Waals surface area contributed by atoms with E-state index in [-0.39, 0.29) is 0 Å². The number of benzene rings is 1. The Balaban J connectivity index is 1.85. The summed E-state index contributed by atoms with van der Waals surface area (Å²) in [7, 11) is 0. The fraction of sp³-hybridized carbons (Fsp3) is 0.455. The van der Waals surface area contributed by atoms with Gasteiger partial charge in [-0.3, -0.25) is 0 Å². The van der Waals surface area contributed by atoms with E-state index in [1.807, 2.05) is 12.1 Å². The molecule has 0 radical (unpaired) electrons. The van der Waals surface area contributed by atoms with Gasteiger partial charge in [-0.1, -0.05) is 12.1 Å². The van der Waals surface area contributed by atoms with Crippen LogP contribution in [-0.4, -0.2) is 17.7 Å². The van der Waals surface area contributed by atoms with Crippen LogP contribution in [0.1, 0.15) is 17.9 Å². The van der Waals surface area contributed by atoms with E-state index in [4.69, 9.17) is 0 Å². The molecule has 0 aromatic heterocycles. The summed E-state index contributed by atoms with van der Waals surface area (Å²) in [5.74, 6) is 1.92. The average molecular weight is 175 g/mol. The number of hydrogen-bond donors (Lipinski definition) is 2. The number of fused-ring (bicyclic) bond motifs is 1. The Morgan fingerprint density at radius 3 is 2.85 bits per heavy atom. The van der Waals surface area contributed by atoms with Crippen LogP contribution in [0.2, 0.25) is 0 Å². The number of phenols is 1. The third-order valence-electron chi connectivity index (χ3n) is 3.46. The number of aromatic hydroxyl groups is 1. The van der Waals surface area contributed by atoms with E-state index >= 15 is 0 Å². The van der Waals surface area contributed by atoms with Crippen LogP contribution in [0.25, 0.3) is 0 Å². The second-order valence-corrected chi connectivity index (χ2v) is 4.12. The predicted octanol–water partition coefficient (Wildman–Crippen LogP) is 1.47. The number of hydrogen-bond acceptors (Lipinski definition) is 2. The highest BCUT2D eigenvalue weighted by molar-refractivity contribution is 5.33. The van der Waals surface area contributed by atoms with Crippen LogP contribution in [0, 0.1) is 5.92 Å². The van der Waals surface area contributed by atoms with Crippen LogP contribution in [0.15, 0.2) is 24.3 Å². The summed E-state index contributed by atoms with van der Waals surface area (Å²) < 4.78 is 0. The van der Waals surface area contributed by atoms with Crippen LogP contribution in [0.4, 0.5) is 0 Å². The molecule has 1 aliphatic carbocycles. The van der Waals surface area contributed by atoms with Crippen LogP contribution in [0.3, 0.4) is 0 Å². The highest BCUT2D eigenvalue weighted by Crippen LogP contribution is 2.47. The molecule has 1 saturated carbocycles. The monoisotopic (exact) mass is 175 g/mol. The zero-order valence-corrected chi connectivity index (χ0v) is 7.40. The fourth-order valence-electron chi connectivity index (χ4n) is 2.49. The van der Waals surface area contributed by atoms with E-state index in [2.05, 4.69) is 11.4 Å². The second-order valence-electron chi connectivity index (χ2n) is 4.12. The molecule has 1 heterocycles. The van der Waals surface area contributed by atoms with Gasteiger partial charge < -0.3 is 10.4 Å². The number of piperidine rings is 1. The Labute approximate surface area is 77.6 Å². The first-order valence-electron chi connectivity index (χ1n) is 4.87. The van der Waals surface area contributed by atoms with Gasteiger partial charge in [-0.05, 0) is 36.0 Å². The SMILES string of the molecule is Oc1cccc(C2CC3NCC32)c1. The van der Waals surface area contributed by atoms with Crippen molar-refractivity contribution in [3.8, 4) is 5.75 Å². The van der Waals surface area contributed by atoms with Crippen molar-refractivity contribution in [3.05, 3.63) is 29.8 Å². The molecular formula is C11H13NO. The zero-order chi connectivity index (χ0) is 8.84. The lowest BCUT2D eigenvalue weighted by Gasteiger charge is -2.54. The molecule has 3 rings (SSSR count). The van der Waals surface area contributed by atoms with Gasteiger partial charge >= 0.3 is 0 Å². The Bertz CT molecular complexity index is 337. The summed E-state index contributed by atoms with van der Waals surface area (Å²) >= 11 is 0. The van der Waals surface area contributed by atoms with Crippen molar-refractivity contribution in [1.29, 1.82) is 0 Å². The van der Waals surface area contributed by atoms with E-state index in [1.165, 1.54) is 12.0 Å². The molecule has 2 aliphatic rings. The maximum absolute atomic E-state index is 9.34. The third kappa shape index (κ3) is 0.985. The van der Waals surface area contributed by atoms with Gasteiger partial charge in [-0.25, -0.2) is 0 Å². The lowest BCUT2D eigenvalue weighted by Crippen LogP contribution is -2.63. The van der Waals surface area contributed by atoms with Gasteiger partial charge in [0.15, 0.2) is 0 Å². The second kappa shape index (κ2) is 2.48. The smallest absolute Gasteiger partial charge is 0.115 e. The van der Waals surface area contributed by atoms with Gasteiger partial charge in [-0.15, -0.1) is 0 Å². The highest BCUT2D eigenvalue weighted by atomic mass is 16.3. The Hall–Kier alpha value is -1.02. The third-order valence-corrected chi connectivity index (χ3v) is 3.46. The molecule has 2 nitrogen and oxygen atoms in total. The molecule has 1 aliphatic heterocycles. The van der Waals surface area contributed by atoms with Crippen molar-refractivity contribution in [3.63, 3.8) is 0 Å². The van der Waals surface area contributed by atoms with Crippen molar-refractivity contribution in [2.24, 2.45) is 5.92 Å². The van der Waals surface area contributed by atoms with Crippen LogP contribution in [-0.2, 0) is 0 Å². The number of rotatable bonds is 1.